The molecule has 0 aliphatic carbocycles. The summed E-state index contributed by atoms with van der Waals surface area (Å²) < 4.78 is 40.1. The standard InChI is InChI=1S/C6H8F3NO2/c1-3-2-12-5(6(7,8)9)10-4(3)11/h4-5,10-11H,1-2H2. The smallest absolute Gasteiger partial charge is 0.374 e. The Bertz CT molecular complexity index is 192. The molecule has 0 amide bonds. The van der Waals surface area contributed by atoms with Gasteiger partial charge in [-0.15, -0.1) is 0 Å². The van der Waals surface area contributed by atoms with E-state index >= 15 is 0 Å². The van der Waals surface area contributed by atoms with E-state index in [1.165, 1.54) is 0 Å². The zero-order chi connectivity index (χ0) is 9.35. The van der Waals surface area contributed by atoms with Gasteiger partial charge in [-0.25, -0.2) is 0 Å². The van der Waals surface area contributed by atoms with Crippen molar-refractivity contribution in [1.29, 1.82) is 0 Å². The van der Waals surface area contributed by atoms with E-state index in [0.29, 0.717) is 0 Å². The van der Waals surface area contributed by atoms with E-state index in [2.05, 4.69) is 11.3 Å². The first-order chi connectivity index (χ1) is 5.41. The van der Waals surface area contributed by atoms with Crippen molar-refractivity contribution in [3.63, 3.8) is 0 Å². The molecule has 0 saturated carbocycles. The molecule has 0 aromatic carbocycles. The lowest BCUT2D eigenvalue weighted by Crippen LogP contribution is -2.53. The van der Waals surface area contributed by atoms with E-state index in [1.807, 2.05) is 5.32 Å². The summed E-state index contributed by atoms with van der Waals surface area (Å²) in [5, 5.41) is 10.7. The Morgan fingerprint density at radius 1 is 1.58 bits per heavy atom. The van der Waals surface area contributed by atoms with Crippen molar-refractivity contribution in [1.82, 2.24) is 5.32 Å². The predicted octanol–water partition coefficient (Wildman–Crippen LogP) is 0.369. The summed E-state index contributed by atoms with van der Waals surface area (Å²) >= 11 is 0. The number of alkyl halides is 3. The highest BCUT2D eigenvalue weighted by atomic mass is 19.4. The molecule has 0 aromatic heterocycles. The second-order valence-corrected chi connectivity index (χ2v) is 2.46. The molecular formula is C6H8F3NO2. The SMILES string of the molecule is C=C1COC(C(F)(F)F)NC1O. The summed E-state index contributed by atoms with van der Waals surface area (Å²) in [5.41, 5.74) is 0.190. The summed E-state index contributed by atoms with van der Waals surface area (Å²) in [4.78, 5) is 0. The van der Waals surface area contributed by atoms with Crippen LogP contribution < -0.4 is 5.32 Å². The largest absolute Gasteiger partial charge is 0.428 e. The third kappa shape index (κ3) is 1.96. The lowest BCUT2D eigenvalue weighted by molar-refractivity contribution is -0.244. The van der Waals surface area contributed by atoms with Gasteiger partial charge in [0.05, 0.1) is 6.61 Å². The fraction of sp³-hybridized carbons (Fsp3) is 0.667. The maximum atomic E-state index is 11.9. The fourth-order valence-corrected chi connectivity index (χ4v) is 0.768. The molecule has 1 rings (SSSR count). The molecule has 3 nitrogen and oxygen atoms in total. The van der Waals surface area contributed by atoms with Gasteiger partial charge in [0.2, 0.25) is 6.23 Å². The van der Waals surface area contributed by atoms with Crippen molar-refractivity contribution in [3.05, 3.63) is 12.2 Å². The Hall–Kier alpha value is -0.590. The number of ether oxygens (including phenoxy) is 1. The van der Waals surface area contributed by atoms with E-state index in [4.69, 9.17) is 5.11 Å². The first kappa shape index (κ1) is 9.50. The molecule has 0 radical (unpaired) electrons. The minimum absolute atomic E-state index is 0.190. The van der Waals surface area contributed by atoms with E-state index in [9.17, 15) is 13.2 Å². The zero-order valence-corrected chi connectivity index (χ0v) is 6.06. The highest BCUT2D eigenvalue weighted by Gasteiger charge is 2.44. The van der Waals surface area contributed by atoms with Crippen LogP contribution in [0.2, 0.25) is 0 Å². The Balaban J connectivity index is 2.57. The van der Waals surface area contributed by atoms with Crippen LogP contribution in [0.5, 0.6) is 0 Å². The molecule has 0 spiro atoms. The van der Waals surface area contributed by atoms with Gasteiger partial charge in [-0.2, -0.15) is 13.2 Å². The quantitative estimate of drug-likeness (QED) is 0.533. The first-order valence-corrected chi connectivity index (χ1v) is 3.21. The van der Waals surface area contributed by atoms with Gasteiger partial charge in [-0.3, -0.25) is 5.32 Å². The molecule has 1 heterocycles. The summed E-state index contributed by atoms with van der Waals surface area (Å²) in [6.07, 6.45) is -7.94. The molecule has 6 heteroatoms. The second kappa shape index (κ2) is 3.04. The molecule has 1 aliphatic rings. The fourth-order valence-electron chi connectivity index (χ4n) is 0.768. The van der Waals surface area contributed by atoms with Crippen molar-refractivity contribution in [2.75, 3.05) is 6.61 Å². The molecule has 1 saturated heterocycles. The monoisotopic (exact) mass is 183 g/mol. The van der Waals surface area contributed by atoms with Crippen molar-refractivity contribution >= 4 is 0 Å². The molecular weight excluding hydrogens is 175 g/mol. The number of rotatable bonds is 0. The van der Waals surface area contributed by atoms with Gasteiger partial charge >= 0.3 is 6.18 Å². The van der Waals surface area contributed by atoms with Crippen molar-refractivity contribution in [3.8, 4) is 0 Å². The third-order valence-corrected chi connectivity index (χ3v) is 1.43. The normalized spacial score (nSPS) is 32.2. The van der Waals surface area contributed by atoms with Crippen LogP contribution in [-0.4, -0.2) is 30.3 Å². The zero-order valence-electron chi connectivity index (χ0n) is 6.06. The minimum atomic E-state index is -4.50. The maximum absolute atomic E-state index is 11.9. The van der Waals surface area contributed by atoms with Gasteiger partial charge in [-0.05, 0) is 5.57 Å². The van der Waals surface area contributed by atoms with Gasteiger partial charge in [0.15, 0.2) is 0 Å². The Labute approximate surface area is 66.8 Å². The molecule has 1 fully saturated rings. The highest BCUT2D eigenvalue weighted by molar-refractivity contribution is 5.04. The number of aliphatic hydroxyl groups excluding tert-OH is 1. The molecule has 0 bridgehead atoms. The minimum Gasteiger partial charge on any atom is -0.374 e. The Morgan fingerprint density at radius 2 is 2.17 bits per heavy atom. The molecule has 70 valence electrons. The van der Waals surface area contributed by atoms with Gasteiger partial charge in [-0.1, -0.05) is 6.58 Å². The van der Waals surface area contributed by atoms with E-state index < -0.39 is 18.6 Å². The lowest BCUT2D eigenvalue weighted by atomic mass is 10.2. The maximum Gasteiger partial charge on any atom is 0.428 e. The topological polar surface area (TPSA) is 41.5 Å². The molecule has 0 aromatic rings. The van der Waals surface area contributed by atoms with Crippen LogP contribution in [0.3, 0.4) is 0 Å². The van der Waals surface area contributed by atoms with E-state index in [1.54, 1.807) is 0 Å². The average Bonchev–Trinajstić information content (AvgIpc) is 1.92. The van der Waals surface area contributed by atoms with Crippen molar-refractivity contribution in [2.24, 2.45) is 0 Å². The number of hydrogen-bond donors (Lipinski definition) is 2. The first-order valence-electron chi connectivity index (χ1n) is 3.21. The van der Waals surface area contributed by atoms with Crippen LogP contribution in [0.1, 0.15) is 0 Å². The van der Waals surface area contributed by atoms with Gasteiger partial charge < -0.3 is 9.84 Å². The summed E-state index contributed by atoms with van der Waals surface area (Å²) in [5.74, 6) is 0. The Kier molecular flexibility index (Phi) is 2.41. The number of nitrogens with one attached hydrogen (secondary N) is 1. The van der Waals surface area contributed by atoms with Crippen molar-refractivity contribution < 1.29 is 23.0 Å². The third-order valence-electron chi connectivity index (χ3n) is 1.43. The number of aliphatic hydroxyl groups is 1. The molecule has 2 unspecified atom stereocenters. The van der Waals surface area contributed by atoms with Crippen LogP contribution in [0.15, 0.2) is 12.2 Å². The molecule has 2 N–H and O–H groups in total. The summed E-state index contributed by atoms with van der Waals surface area (Å²) in [6, 6.07) is 0. The summed E-state index contributed by atoms with van der Waals surface area (Å²) in [7, 11) is 0. The van der Waals surface area contributed by atoms with Crippen LogP contribution in [-0.2, 0) is 4.74 Å². The molecule has 12 heavy (non-hydrogen) atoms. The average molecular weight is 183 g/mol. The van der Waals surface area contributed by atoms with Crippen molar-refractivity contribution in [2.45, 2.75) is 18.6 Å². The second-order valence-electron chi connectivity index (χ2n) is 2.46. The number of hydrogen-bond acceptors (Lipinski definition) is 3. The van der Waals surface area contributed by atoms with Gasteiger partial charge in [0, 0.05) is 0 Å². The molecule has 2 atom stereocenters. The Morgan fingerprint density at radius 3 is 2.58 bits per heavy atom. The van der Waals surface area contributed by atoms with Crippen LogP contribution in [0.25, 0.3) is 0 Å². The van der Waals surface area contributed by atoms with Gasteiger partial charge in [0.1, 0.15) is 6.23 Å². The molecule has 1 aliphatic heterocycles. The van der Waals surface area contributed by atoms with Crippen LogP contribution in [0.4, 0.5) is 13.2 Å². The lowest BCUT2D eigenvalue weighted by Gasteiger charge is -2.30. The van der Waals surface area contributed by atoms with E-state index in [-0.39, 0.29) is 12.2 Å². The predicted molar refractivity (Wildman–Crippen MR) is 34.1 cm³/mol. The van der Waals surface area contributed by atoms with E-state index in [0.717, 1.165) is 0 Å². The van der Waals surface area contributed by atoms with Crippen LogP contribution in [0, 0.1) is 0 Å². The highest BCUT2D eigenvalue weighted by Crippen LogP contribution is 2.24. The summed E-state index contributed by atoms with van der Waals surface area (Å²) in [6.45, 7) is 3.03. The van der Waals surface area contributed by atoms with Gasteiger partial charge in [0.25, 0.3) is 0 Å². The number of halogens is 3. The van der Waals surface area contributed by atoms with Crippen LogP contribution >= 0.6 is 0 Å².